The molecule has 2 unspecified atom stereocenters. The van der Waals surface area contributed by atoms with E-state index in [0.29, 0.717) is 12.0 Å². The predicted octanol–water partition coefficient (Wildman–Crippen LogP) is 2.66. The Hall–Kier alpha value is -0.900. The van der Waals surface area contributed by atoms with Crippen molar-refractivity contribution in [3.63, 3.8) is 0 Å². The highest BCUT2D eigenvalue weighted by Crippen LogP contribution is 2.32. The summed E-state index contributed by atoms with van der Waals surface area (Å²) in [6.07, 6.45) is 7.02. The van der Waals surface area contributed by atoms with Crippen LogP contribution in [0.5, 0.6) is 0 Å². The average molecular weight is 237 g/mol. The van der Waals surface area contributed by atoms with Gasteiger partial charge in [-0.25, -0.2) is 0 Å². The zero-order chi connectivity index (χ0) is 12.1. The smallest absolute Gasteiger partial charge is 0.231 e. The van der Waals surface area contributed by atoms with Crippen LogP contribution in [-0.4, -0.2) is 22.7 Å². The second-order valence-electron chi connectivity index (χ2n) is 4.85. The maximum absolute atomic E-state index is 5.40. The van der Waals surface area contributed by atoms with E-state index < -0.39 is 0 Å². The summed E-state index contributed by atoms with van der Waals surface area (Å²) >= 11 is 0. The Labute approximate surface area is 103 Å². The second kappa shape index (κ2) is 6.15. The van der Waals surface area contributed by atoms with Crippen LogP contribution in [-0.2, 0) is 6.42 Å². The van der Waals surface area contributed by atoms with Gasteiger partial charge in [-0.1, -0.05) is 31.8 Å². The maximum atomic E-state index is 5.40. The van der Waals surface area contributed by atoms with E-state index in [4.69, 9.17) is 4.52 Å². The minimum absolute atomic E-state index is 0.420. The topological polar surface area (TPSA) is 51.0 Å². The van der Waals surface area contributed by atoms with Crippen LogP contribution in [0.25, 0.3) is 0 Å². The van der Waals surface area contributed by atoms with Crippen molar-refractivity contribution < 1.29 is 4.52 Å². The molecule has 0 bridgehead atoms. The van der Waals surface area contributed by atoms with Crippen LogP contribution in [0.3, 0.4) is 0 Å². The molecule has 1 aliphatic rings. The summed E-state index contributed by atoms with van der Waals surface area (Å²) < 4.78 is 5.40. The van der Waals surface area contributed by atoms with Crippen molar-refractivity contribution in [3.8, 4) is 0 Å². The van der Waals surface area contributed by atoms with E-state index >= 15 is 0 Å². The standard InChI is InChI=1S/C13H23N3O/c1-3-9-14-11-8-6-5-7-10(11)13-15-12(4-2)16-17-13/h10-11,14H,3-9H2,1-2H3. The fraction of sp³-hybridized carbons (Fsp3) is 0.846. The molecule has 4 heteroatoms. The third-order valence-corrected chi connectivity index (χ3v) is 3.54. The maximum Gasteiger partial charge on any atom is 0.231 e. The van der Waals surface area contributed by atoms with Crippen molar-refractivity contribution in [3.05, 3.63) is 11.7 Å². The largest absolute Gasteiger partial charge is 0.339 e. The van der Waals surface area contributed by atoms with Crippen molar-refractivity contribution in [2.45, 2.75) is 64.3 Å². The van der Waals surface area contributed by atoms with Gasteiger partial charge in [-0.3, -0.25) is 0 Å². The number of nitrogens with one attached hydrogen (secondary N) is 1. The first kappa shape index (κ1) is 12.6. The minimum Gasteiger partial charge on any atom is -0.339 e. The number of aromatic nitrogens is 2. The van der Waals surface area contributed by atoms with Gasteiger partial charge in [0, 0.05) is 12.5 Å². The Bertz CT molecular complexity index is 337. The summed E-state index contributed by atoms with van der Waals surface area (Å²) in [5.41, 5.74) is 0. The molecule has 1 heterocycles. The molecule has 1 aromatic rings. The average Bonchev–Trinajstić information content (AvgIpc) is 2.85. The van der Waals surface area contributed by atoms with Crippen LogP contribution in [0.2, 0.25) is 0 Å². The SMILES string of the molecule is CCCNC1CCCCC1c1nc(CC)no1. The van der Waals surface area contributed by atoms with E-state index in [1.54, 1.807) is 0 Å². The van der Waals surface area contributed by atoms with E-state index in [-0.39, 0.29) is 0 Å². The Morgan fingerprint density at radius 1 is 1.29 bits per heavy atom. The lowest BCUT2D eigenvalue weighted by molar-refractivity contribution is 0.262. The molecule has 1 aromatic heterocycles. The summed E-state index contributed by atoms with van der Waals surface area (Å²) in [7, 11) is 0. The van der Waals surface area contributed by atoms with Crippen LogP contribution in [0.1, 0.15) is 63.6 Å². The molecule has 4 nitrogen and oxygen atoms in total. The van der Waals surface area contributed by atoms with Crippen molar-refractivity contribution in [1.29, 1.82) is 0 Å². The lowest BCUT2D eigenvalue weighted by Gasteiger charge is -2.29. The number of hydrogen-bond donors (Lipinski definition) is 1. The van der Waals surface area contributed by atoms with E-state index in [2.05, 4.69) is 29.3 Å². The Morgan fingerprint density at radius 3 is 2.82 bits per heavy atom. The quantitative estimate of drug-likeness (QED) is 0.855. The first-order valence-corrected chi connectivity index (χ1v) is 6.91. The minimum atomic E-state index is 0.420. The third-order valence-electron chi connectivity index (χ3n) is 3.54. The molecule has 0 saturated heterocycles. The molecule has 0 aliphatic heterocycles. The monoisotopic (exact) mass is 237 g/mol. The highest BCUT2D eigenvalue weighted by Gasteiger charge is 2.30. The van der Waals surface area contributed by atoms with E-state index in [9.17, 15) is 0 Å². The second-order valence-corrected chi connectivity index (χ2v) is 4.85. The Kier molecular flexibility index (Phi) is 4.54. The van der Waals surface area contributed by atoms with Gasteiger partial charge < -0.3 is 9.84 Å². The fourth-order valence-electron chi connectivity index (χ4n) is 2.56. The van der Waals surface area contributed by atoms with Crippen LogP contribution in [0.4, 0.5) is 0 Å². The summed E-state index contributed by atoms with van der Waals surface area (Å²) in [4.78, 5) is 4.49. The van der Waals surface area contributed by atoms with Gasteiger partial charge in [0.2, 0.25) is 5.89 Å². The van der Waals surface area contributed by atoms with Gasteiger partial charge in [0.1, 0.15) is 0 Å². The first-order chi connectivity index (χ1) is 8.35. The molecule has 2 rings (SSSR count). The predicted molar refractivity (Wildman–Crippen MR) is 67.0 cm³/mol. The normalized spacial score (nSPS) is 25.1. The summed E-state index contributed by atoms with van der Waals surface area (Å²) in [6.45, 7) is 5.34. The van der Waals surface area contributed by atoms with Crippen molar-refractivity contribution in [1.82, 2.24) is 15.5 Å². The number of hydrogen-bond acceptors (Lipinski definition) is 4. The number of rotatable bonds is 5. The lowest BCUT2D eigenvalue weighted by Crippen LogP contribution is -2.37. The van der Waals surface area contributed by atoms with E-state index in [1.807, 2.05) is 0 Å². The molecule has 1 saturated carbocycles. The summed E-state index contributed by atoms with van der Waals surface area (Å²) in [6, 6.07) is 0.522. The zero-order valence-electron chi connectivity index (χ0n) is 10.9. The molecule has 1 fully saturated rings. The molecule has 2 atom stereocenters. The van der Waals surface area contributed by atoms with Crippen LogP contribution in [0.15, 0.2) is 4.52 Å². The summed E-state index contributed by atoms with van der Waals surface area (Å²) in [5, 5.41) is 7.63. The molecular weight excluding hydrogens is 214 g/mol. The fourth-order valence-corrected chi connectivity index (χ4v) is 2.56. The summed E-state index contributed by atoms with van der Waals surface area (Å²) in [5.74, 6) is 2.10. The van der Waals surface area contributed by atoms with Gasteiger partial charge >= 0.3 is 0 Å². The van der Waals surface area contributed by atoms with Crippen molar-refractivity contribution in [2.24, 2.45) is 0 Å². The van der Waals surface area contributed by atoms with Gasteiger partial charge in [-0.2, -0.15) is 4.98 Å². The van der Waals surface area contributed by atoms with Crippen molar-refractivity contribution >= 4 is 0 Å². The van der Waals surface area contributed by atoms with E-state index in [0.717, 1.165) is 24.7 Å². The molecule has 0 amide bonds. The lowest BCUT2D eigenvalue weighted by atomic mass is 9.84. The molecule has 1 N–H and O–H groups in total. The van der Waals surface area contributed by atoms with E-state index in [1.165, 1.54) is 32.1 Å². The number of aryl methyl sites for hydroxylation is 1. The van der Waals surface area contributed by atoms with Gasteiger partial charge in [0.05, 0.1) is 5.92 Å². The molecule has 0 aromatic carbocycles. The van der Waals surface area contributed by atoms with Gasteiger partial charge in [0.15, 0.2) is 5.82 Å². The van der Waals surface area contributed by atoms with Gasteiger partial charge in [-0.05, 0) is 25.8 Å². The van der Waals surface area contributed by atoms with Gasteiger partial charge in [-0.15, -0.1) is 0 Å². The van der Waals surface area contributed by atoms with Crippen LogP contribution in [0, 0.1) is 0 Å². The van der Waals surface area contributed by atoms with Gasteiger partial charge in [0.25, 0.3) is 0 Å². The number of nitrogens with zero attached hydrogens (tertiary/aromatic N) is 2. The molecule has 17 heavy (non-hydrogen) atoms. The highest BCUT2D eigenvalue weighted by molar-refractivity contribution is 5.01. The third kappa shape index (κ3) is 3.06. The Morgan fingerprint density at radius 2 is 2.12 bits per heavy atom. The first-order valence-electron chi connectivity index (χ1n) is 6.91. The Balaban J connectivity index is 2.04. The van der Waals surface area contributed by atoms with Crippen LogP contribution >= 0.6 is 0 Å². The molecular formula is C13H23N3O. The zero-order valence-corrected chi connectivity index (χ0v) is 10.9. The van der Waals surface area contributed by atoms with Crippen LogP contribution < -0.4 is 5.32 Å². The molecule has 1 aliphatic carbocycles. The molecule has 96 valence electrons. The van der Waals surface area contributed by atoms with Crippen molar-refractivity contribution in [2.75, 3.05) is 6.54 Å². The molecule has 0 radical (unpaired) electrons. The molecule has 0 spiro atoms. The highest BCUT2D eigenvalue weighted by atomic mass is 16.5.